The molecule has 0 saturated heterocycles. The summed E-state index contributed by atoms with van der Waals surface area (Å²) in [4.78, 5) is 11.0. The molecule has 0 radical (unpaired) electrons. The van der Waals surface area contributed by atoms with Gasteiger partial charge in [0.25, 0.3) is 0 Å². The van der Waals surface area contributed by atoms with Crippen LogP contribution in [0, 0.1) is 0 Å². The lowest BCUT2D eigenvalue weighted by molar-refractivity contribution is 0.100. The number of nitrogens with two attached hydrogens (primary N) is 2. The summed E-state index contributed by atoms with van der Waals surface area (Å²) in [5.41, 5.74) is 12.5. The Labute approximate surface area is 115 Å². The Balaban J connectivity index is 1.93. The number of hydrogen-bond donors (Lipinski definition) is 3. The predicted molar refractivity (Wildman–Crippen MR) is 75.1 cm³/mol. The summed E-state index contributed by atoms with van der Waals surface area (Å²) < 4.78 is 1.74. The van der Waals surface area contributed by atoms with E-state index in [4.69, 9.17) is 23.1 Å². The predicted octanol–water partition coefficient (Wildman–Crippen LogP) is 1.33. The van der Waals surface area contributed by atoms with Gasteiger partial charge in [0.1, 0.15) is 0 Å². The molecule has 6 nitrogen and oxygen atoms in total. The van der Waals surface area contributed by atoms with E-state index in [1.165, 1.54) is 0 Å². The first-order valence-corrected chi connectivity index (χ1v) is 6.05. The molecular weight excluding hydrogens is 266 g/mol. The third-order valence-electron chi connectivity index (χ3n) is 2.56. The zero-order valence-electron chi connectivity index (χ0n) is 10.1. The van der Waals surface area contributed by atoms with Gasteiger partial charge >= 0.3 is 0 Å². The van der Waals surface area contributed by atoms with Crippen LogP contribution in [0.5, 0.6) is 0 Å². The maximum absolute atomic E-state index is 11.0. The number of nitrogens with zero attached hydrogens (tertiary/aromatic N) is 2. The number of hydrogen-bond acceptors (Lipinski definition) is 4. The van der Waals surface area contributed by atoms with Crippen LogP contribution in [0.15, 0.2) is 30.6 Å². The summed E-state index contributed by atoms with van der Waals surface area (Å²) in [7, 11) is 0. The van der Waals surface area contributed by atoms with Crippen LogP contribution in [-0.4, -0.2) is 22.2 Å². The van der Waals surface area contributed by atoms with Crippen molar-refractivity contribution in [1.82, 2.24) is 9.78 Å². The van der Waals surface area contributed by atoms with Crippen LogP contribution < -0.4 is 16.8 Å². The standard InChI is InChI=1S/C12H14ClN5O/c13-11-5-9(1-2-10(11)12(15)19)16-3-4-18-7-8(14)6-17-18/h1-2,5-7,16H,3-4,14H2,(H2,15,19). The first kappa shape index (κ1) is 13.2. The van der Waals surface area contributed by atoms with Crippen molar-refractivity contribution in [3.05, 3.63) is 41.2 Å². The largest absolute Gasteiger partial charge is 0.396 e. The van der Waals surface area contributed by atoms with E-state index < -0.39 is 5.91 Å². The molecule has 0 aliphatic rings. The lowest BCUT2D eigenvalue weighted by Crippen LogP contribution is -2.13. The number of nitrogens with one attached hydrogen (secondary N) is 1. The Morgan fingerprint density at radius 2 is 2.26 bits per heavy atom. The number of carbonyl (C=O) groups is 1. The summed E-state index contributed by atoms with van der Waals surface area (Å²) >= 11 is 5.95. The van der Waals surface area contributed by atoms with E-state index in [9.17, 15) is 4.79 Å². The van der Waals surface area contributed by atoms with Crippen LogP contribution >= 0.6 is 11.6 Å². The van der Waals surface area contributed by atoms with Crippen molar-refractivity contribution in [2.45, 2.75) is 6.54 Å². The molecule has 0 saturated carbocycles. The van der Waals surface area contributed by atoms with Crippen LogP contribution in [0.25, 0.3) is 0 Å². The quantitative estimate of drug-likeness (QED) is 0.769. The SMILES string of the molecule is NC(=O)c1ccc(NCCn2cc(N)cn2)cc1Cl. The minimum absolute atomic E-state index is 0.312. The molecule has 1 aromatic carbocycles. The van der Waals surface area contributed by atoms with E-state index in [1.807, 2.05) is 0 Å². The number of anilines is 2. The fourth-order valence-electron chi connectivity index (χ4n) is 1.64. The maximum atomic E-state index is 11.0. The number of carbonyl (C=O) groups excluding carboxylic acids is 1. The monoisotopic (exact) mass is 279 g/mol. The highest BCUT2D eigenvalue weighted by atomic mass is 35.5. The Hall–Kier alpha value is -2.21. The molecule has 7 heteroatoms. The second kappa shape index (κ2) is 5.62. The van der Waals surface area contributed by atoms with Crippen LogP contribution in [0.1, 0.15) is 10.4 Å². The molecule has 2 aromatic rings. The summed E-state index contributed by atoms with van der Waals surface area (Å²) in [6, 6.07) is 5.02. The number of amides is 1. The number of rotatable bonds is 5. The lowest BCUT2D eigenvalue weighted by atomic mass is 10.2. The molecular formula is C12H14ClN5O. The first-order valence-electron chi connectivity index (χ1n) is 5.67. The van der Waals surface area contributed by atoms with Crippen molar-refractivity contribution < 1.29 is 4.79 Å². The summed E-state index contributed by atoms with van der Waals surface area (Å²) in [5, 5.41) is 7.57. The normalized spacial score (nSPS) is 10.4. The third-order valence-corrected chi connectivity index (χ3v) is 2.87. The summed E-state index contributed by atoms with van der Waals surface area (Å²) in [6.07, 6.45) is 3.35. The van der Waals surface area contributed by atoms with Crippen LogP contribution in [0.2, 0.25) is 5.02 Å². The van der Waals surface area contributed by atoms with Crippen LogP contribution in [0.3, 0.4) is 0 Å². The molecule has 0 bridgehead atoms. The molecule has 0 aliphatic carbocycles. The van der Waals surface area contributed by atoms with Crippen molar-refractivity contribution in [2.24, 2.45) is 5.73 Å². The number of benzene rings is 1. The van der Waals surface area contributed by atoms with Gasteiger partial charge in [-0.3, -0.25) is 9.48 Å². The molecule has 2 rings (SSSR count). The number of primary amides is 1. The van der Waals surface area contributed by atoms with E-state index in [2.05, 4.69) is 10.4 Å². The zero-order valence-corrected chi connectivity index (χ0v) is 10.9. The highest BCUT2D eigenvalue weighted by Crippen LogP contribution is 2.20. The lowest BCUT2D eigenvalue weighted by Gasteiger charge is -2.08. The average molecular weight is 280 g/mol. The minimum Gasteiger partial charge on any atom is -0.396 e. The second-order valence-electron chi connectivity index (χ2n) is 4.02. The van der Waals surface area contributed by atoms with Gasteiger partial charge < -0.3 is 16.8 Å². The number of halogens is 1. The molecule has 0 unspecified atom stereocenters. The molecule has 1 heterocycles. The van der Waals surface area contributed by atoms with E-state index in [1.54, 1.807) is 35.3 Å². The molecule has 0 spiro atoms. The van der Waals surface area contributed by atoms with Crippen molar-refractivity contribution >= 4 is 28.9 Å². The Bertz CT molecular complexity index is 596. The Morgan fingerprint density at radius 3 is 2.84 bits per heavy atom. The van der Waals surface area contributed by atoms with Gasteiger partial charge in [-0.25, -0.2) is 0 Å². The van der Waals surface area contributed by atoms with Crippen LogP contribution in [-0.2, 0) is 6.54 Å². The summed E-state index contributed by atoms with van der Waals surface area (Å²) in [6.45, 7) is 1.33. The molecule has 0 fully saturated rings. The molecule has 100 valence electrons. The number of nitrogen functional groups attached to an aromatic ring is 1. The van der Waals surface area contributed by atoms with Gasteiger partial charge in [-0.2, -0.15) is 5.10 Å². The molecule has 1 aromatic heterocycles. The first-order chi connectivity index (χ1) is 9.06. The molecule has 1 amide bonds. The average Bonchev–Trinajstić information content (AvgIpc) is 2.75. The fourth-order valence-corrected chi connectivity index (χ4v) is 1.92. The van der Waals surface area contributed by atoms with Gasteiger partial charge in [0.15, 0.2) is 0 Å². The van der Waals surface area contributed by atoms with Crippen molar-refractivity contribution in [3.63, 3.8) is 0 Å². The smallest absolute Gasteiger partial charge is 0.250 e. The Morgan fingerprint density at radius 1 is 1.47 bits per heavy atom. The highest BCUT2D eigenvalue weighted by molar-refractivity contribution is 6.34. The number of aromatic nitrogens is 2. The molecule has 19 heavy (non-hydrogen) atoms. The van der Waals surface area contributed by atoms with Gasteiger partial charge in [0.2, 0.25) is 5.91 Å². The summed E-state index contributed by atoms with van der Waals surface area (Å²) in [5.74, 6) is -0.538. The highest BCUT2D eigenvalue weighted by Gasteiger charge is 2.06. The van der Waals surface area contributed by atoms with E-state index in [0.29, 0.717) is 29.4 Å². The van der Waals surface area contributed by atoms with E-state index in [0.717, 1.165) is 5.69 Å². The van der Waals surface area contributed by atoms with E-state index >= 15 is 0 Å². The van der Waals surface area contributed by atoms with Crippen LogP contribution in [0.4, 0.5) is 11.4 Å². The molecule has 0 atom stereocenters. The topological polar surface area (TPSA) is 99.0 Å². The van der Waals surface area contributed by atoms with E-state index in [-0.39, 0.29) is 0 Å². The van der Waals surface area contributed by atoms with Crippen molar-refractivity contribution in [2.75, 3.05) is 17.6 Å². The fraction of sp³-hybridized carbons (Fsp3) is 0.167. The molecule has 5 N–H and O–H groups in total. The van der Waals surface area contributed by atoms with Gasteiger partial charge in [-0.1, -0.05) is 11.6 Å². The van der Waals surface area contributed by atoms with Gasteiger partial charge in [-0.15, -0.1) is 0 Å². The Kier molecular flexibility index (Phi) is 3.91. The third kappa shape index (κ3) is 3.38. The zero-order chi connectivity index (χ0) is 13.8. The van der Waals surface area contributed by atoms with Gasteiger partial charge in [0.05, 0.1) is 29.0 Å². The second-order valence-corrected chi connectivity index (χ2v) is 4.43. The van der Waals surface area contributed by atoms with Gasteiger partial charge in [0, 0.05) is 18.4 Å². The van der Waals surface area contributed by atoms with Crippen molar-refractivity contribution in [1.29, 1.82) is 0 Å². The van der Waals surface area contributed by atoms with Gasteiger partial charge in [-0.05, 0) is 18.2 Å². The van der Waals surface area contributed by atoms with Crippen molar-refractivity contribution in [3.8, 4) is 0 Å². The molecule has 0 aliphatic heterocycles. The minimum atomic E-state index is -0.538. The maximum Gasteiger partial charge on any atom is 0.250 e.